The summed E-state index contributed by atoms with van der Waals surface area (Å²) >= 11 is 0. The Morgan fingerprint density at radius 3 is 1.72 bits per heavy atom. The second-order valence-corrected chi connectivity index (χ2v) is 7.12. The maximum Gasteiger partial charge on any atom is 0.319 e. The van der Waals surface area contributed by atoms with Crippen LogP contribution >= 0.6 is 0 Å². The third-order valence-electron chi connectivity index (χ3n) is 5.14. The zero-order valence-electron chi connectivity index (χ0n) is 17.5. The Balaban J connectivity index is 3.23. The molecule has 1 rings (SSSR count). The fourth-order valence-corrected chi connectivity index (χ4v) is 3.44. The van der Waals surface area contributed by atoms with E-state index in [9.17, 15) is 24.3 Å². The van der Waals surface area contributed by atoms with E-state index in [2.05, 4.69) is 0 Å². The Morgan fingerprint density at radius 1 is 0.897 bits per heavy atom. The summed E-state index contributed by atoms with van der Waals surface area (Å²) in [5.74, 6) is -2.28. The minimum Gasteiger partial charge on any atom is -0.481 e. The van der Waals surface area contributed by atoms with Gasteiger partial charge >= 0.3 is 23.9 Å². The predicted molar refractivity (Wildman–Crippen MR) is 101 cm³/mol. The molecule has 1 saturated heterocycles. The van der Waals surface area contributed by atoms with Crippen molar-refractivity contribution in [3.63, 3.8) is 0 Å². The molecular formula is C18H31N3O8. The Labute approximate surface area is 170 Å². The molecule has 1 N–H and O–H groups in total. The number of esters is 3. The molecule has 0 atom stereocenters. The topological polar surface area (TPSA) is 126 Å². The number of ether oxygens (including phenoxy) is 3. The second-order valence-electron chi connectivity index (χ2n) is 7.12. The van der Waals surface area contributed by atoms with Crippen LogP contribution in [0.4, 0.5) is 0 Å². The Hall–Kier alpha value is -2.24. The number of aliphatic carboxylic acids is 1. The standard InChI is InChI=1S/C18H31N3O8/c1-19(9-15(24)27-2)18(6-5-14(22)23)12-20(10-16(25)28-3)7-8-21(13-18)11-17(26)29-4/h5-13H2,1-4H3,(H,22,23). The molecule has 0 bridgehead atoms. The van der Waals surface area contributed by atoms with Crippen molar-refractivity contribution in [3.8, 4) is 0 Å². The summed E-state index contributed by atoms with van der Waals surface area (Å²) in [6.45, 7) is 1.54. The van der Waals surface area contributed by atoms with Crippen LogP contribution in [0.1, 0.15) is 12.8 Å². The summed E-state index contributed by atoms with van der Waals surface area (Å²) in [4.78, 5) is 52.3. The van der Waals surface area contributed by atoms with Gasteiger partial charge in [0.25, 0.3) is 0 Å². The van der Waals surface area contributed by atoms with E-state index in [0.29, 0.717) is 26.2 Å². The first-order chi connectivity index (χ1) is 13.7. The first kappa shape index (κ1) is 24.8. The van der Waals surface area contributed by atoms with E-state index in [1.807, 2.05) is 9.80 Å². The largest absolute Gasteiger partial charge is 0.481 e. The highest BCUT2D eigenvalue weighted by atomic mass is 16.5. The summed E-state index contributed by atoms with van der Waals surface area (Å²) in [5, 5.41) is 9.25. The molecule has 0 radical (unpaired) electrons. The average Bonchev–Trinajstić information content (AvgIpc) is 2.86. The van der Waals surface area contributed by atoms with Crippen molar-refractivity contribution < 1.29 is 38.5 Å². The lowest BCUT2D eigenvalue weighted by atomic mass is 9.90. The quantitative estimate of drug-likeness (QED) is 0.335. The number of carbonyl (C=O) groups is 4. The smallest absolute Gasteiger partial charge is 0.319 e. The zero-order valence-corrected chi connectivity index (χ0v) is 17.5. The number of carboxylic acid groups (broad SMARTS) is 1. The van der Waals surface area contributed by atoms with Crippen LogP contribution in [0.3, 0.4) is 0 Å². The van der Waals surface area contributed by atoms with Crippen LogP contribution in [0.15, 0.2) is 0 Å². The Kier molecular flexibility index (Phi) is 9.99. The SMILES string of the molecule is COC(=O)CN1CCN(CC(=O)OC)CC(CCC(=O)O)(N(C)CC(=O)OC)C1. The lowest BCUT2D eigenvalue weighted by molar-refractivity contribution is -0.146. The molecule has 11 heteroatoms. The molecule has 11 nitrogen and oxygen atoms in total. The number of carboxylic acids is 1. The minimum absolute atomic E-state index is 0.0173. The molecule has 0 aromatic heterocycles. The normalized spacial score (nSPS) is 17.4. The van der Waals surface area contributed by atoms with Crippen LogP contribution in [0.25, 0.3) is 0 Å². The molecule has 1 aliphatic heterocycles. The molecule has 0 unspecified atom stereocenters. The summed E-state index contributed by atoms with van der Waals surface area (Å²) in [7, 11) is 5.58. The molecule has 1 fully saturated rings. The van der Waals surface area contributed by atoms with Crippen molar-refractivity contribution in [1.29, 1.82) is 0 Å². The van der Waals surface area contributed by atoms with Gasteiger partial charge < -0.3 is 19.3 Å². The van der Waals surface area contributed by atoms with Gasteiger partial charge in [0.15, 0.2) is 0 Å². The number of carbonyl (C=O) groups excluding carboxylic acids is 3. The van der Waals surface area contributed by atoms with Gasteiger partial charge in [-0.2, -0.15) is 0 Å². The van der Waals surface area contributed by atoms with Gasteiger partial charge in [0.2, 0.25) is 0 Å². The van der Waals surface area contributed by atoms with E-state index < -0.39 is 29.4 Å². The fourth-order valence-electron chi connectivity index (χ4n) is 3.44. The predicted octanol–water partition coefficient (Wildman–Crippen LogP) is -1.34. The summed E-state index contributed by atoms with van der Waals surface area (Å²) in [5.41, 5.74) is -0.814. The molecule has 1 heterocycles. The van der Waals surface area contributed by atoms with E-state index >= 15 is 0 Å². The van der Waals surface area contributed by atoms with Gasteiger partial charge in [-0.25, -0.2) is 0 Å². The number of hydrogen-bond donors (Lipinski definition) is 1. The van der Waals surface area contributed by atoms with Gasteiger partial charge in [0.05, 0.1) is 41.0 Å². The summed E-state index contributed by atoms with van der Waals surface area (Å²) < 4.78 is 14.3. The van der Waals surface area contributed by atoms with Crippen LogP contribution in [-0.4, -0.2) is 123 Å². The Bertz CT molecular complexity index is 570. The lowest BCUT2D eigenvalue weighted by Gasteiger charge is -2.44. The first-order valence-corrected chi connectivity index (χ1v) is 9.24. The number of hydrogen-bond acceptors (Lipinski definition) is 10. The first-order valence-electron chi connectivity index (χ1n) is 9.24. The van der Waals surface area contributed by atoms with Crippen molar-refractivity contribution in [2.75, 3.05) is 74.2 Å². The van der Waals surface area contributed by atoms with Gasteiger partial charge in [-0.15, -0.1) is 0 Å². The molecular weight excluding hydrogens is 386 g/mol. The van der Waals surface area contributed by atoms with Crippen LogP contribution in [0.5, 0.6) is 0 Å². The van der Waals surface area contributed by atoms with Crippen molar-refractivity contribution in [2.24, 2.45) is 0 Å². The number of methoxy groups -OCH3 is 3. The molecule has 0 aromatic carbocycles. The maximum absolute atomic E-state index is 11.9. The van der Waals surface area contributed by atoms with Gasteiger partial charge in [-0.1, -0.05) is 0 Å². The van der Waals surface area contributed by atoms with E-state index in [4.69, 9.17) is 14.2 Å². The summed E-state index contributed by atoms with van der Waals surface area (Å²) in [6, 6.07) is 0. The number of likely N-dealkylation sites (N-methyl/N-ethyl adjacent to an activating group) is 1. The zero-order chi connectivity index (χ0) is 22.0. The van der Waals surface area contributed by atoms with Crippen LogP contribution in [0.2, 0.25) is 0 Å². The van der Waals surface area contributed by atoms with E-state index in [1.165, 1.54) is 21.3 Å². The third kappa shape index (κ3) is 7.95. The van der Waals surface area contributed by atoms with Gasteiger partial charge in [-0.3, -0.25) is 33.9 Å². The molecule has 0 saturated carbocycles. The molecule has 1 aliphatic rings. The third-order valence-corrected chi connectivity index (χ3v) is 5.14. The van der Waals surface area contributed by atoms with Crippen LogP contribution in [0, 0.1) is 0 Å². The fraction of sp³-hybridized carbons (Fsp3) is 0.778. The monoisotopic (exact) mass is 417 g/mol. The van der Waals surface area contributed by atoms with Crippen molar-refractivity contribution in [1.82, 2.24) is 14.7 Å². The van der Waals surface area contributed by atoms with Crippen LogP contribution < -0.4 is 0 Å². The molecule has 0 aliphatic carbocycles. The summed E-state index contributed by atoms with van der Waals surface area (Å²) in [6.07, 6.45) is 0.0782. The Morgan fingerprint density at radius 2 is 1.34 bits per heavy atom. The maximum atomic E-state index is 11.9. The average molecular weight is 417 g/mol. The molecule has 0 spiro atoms. The highest BCUT2D eigenvalue weighted by Crippen LogP contribution is 2.26. The molecule has 0 aromatic rings. The van der Waals surface area contributed by atoms with Crippen molar-refractivity contribution in [2.45, 2.75) is 18.4 Å². The van der Waals surface area contributed by atoms with Crippen molar-refractivity contribution >= 4 is 23.9 Å². The van der Waals surface area contributed by atoms with Crippen LogP contribution in [-0.2, 0) is 33.4 Å². The molecule has 166 valence electrons. The van der Waals surface area contributed by atoms with Gasteiger partial charge in [-0.05, 0) is 13.5 Å². The van der Waals surface area contributed by atoms with E-state index in [0.717, 1.165) is 0 Å². The number of nitrogens with zero attached hydrogens (tertiary/aromatic N) is 3. The molecule has 0 amide bonds. The van der Waals surface area contributed by atoms with Crippen molar-refractivity contribution in [3.05, 3.63) is 0 Å². The van der Waals surface area contributed by atoms with E-state index in [-0.39, 0.29) is 32.5 Å². The number of rotatable bonds is 10. The minimum atomic E-state index is -0.973. The lowest BCUT2D eigenvalue weighted by Crippen LogP contribution is -2.60. The highest BCUT2D eigenvalue weighted by Gasteiger charge is 2.42. The molecule has 29 heavy (non-hydrogen) atoms. The second kappa shape index (κ2) is 11.7. The highest BCUT2D eigenvalue weighted by molar-refractivity contribution is 5.72. The van der Waals surface area contributed by atoms with Gasteiger partial charge in [0, 0.05) is 38.1 Å². The van der Waals surface area contributed by atoms with E-state index in [1.54, 1.807) is 11.9 Å². The van der Waals surface area contributed by atoms with Gasteiger partial charge in [0.1, 0.15) is 0 Å².